The van der Waals surface area contributed by atoms with Crippen molar-refractivity contribution in [2.24, 2.45) is 11.7 Å². The summed E-state index contributed by atoms with van der Waals surface area (Å²) in [6.07, 6.45) is 1.96. The quantitative estimate of drug-likeness (QED) is 0.444. The number of nitrogens with two attached hydrogens (primary N) is 1. The number of nitrogens with zero attached hydrogens (tertiary/aromatic N) is 2. The van der Waals surface area contributed by atoms with E-state index in [0.717, 1.165) is 19.3 Å². The van der Waals surface area contributed by atoms with Crippen molar-refractivity contribution in [3.8, 4) is 6.07 Å². The van der Waals surface area contributed by atoms with Crippen molar-refractivity contribution in [1.29, 1.82) is 5.26 Å². The zero-order valence-electron chi connectivity index (χ0n) is 15.2. The summed E-state index contributed by atoms with van der Waals surface area (Å²) in [6.45, 7) is 2.06. The van der Waals surface area contributed by atoms with Crippen molar-refractivity contribution in [1.82, 2.24) is 10.9 Å². The van der Waals surface area contributed by atoms with Gasteiger partial charge in [0, 0.05) is 29.4 Å². The summed E-state index contributed by atoms with van der Waals surface area (Å²) in [5, 5.41) is 24.0. The molecule has 0 bridgehead atoms. The molecule has 3 aliphatic rings. The lowest BCUT2D eigenvalue weighted by Crippen LogP contribution is -2.56. The van der Waals surface area contributed by atoms with Gasteiger partial charge >= 0.3 is 0 Å². The highest BCUT2D eigenvalue weighted by Crippen LogP contribution is 2.55. The Bertz CT molecular complexity index is 938. The molecule has 1 aromatic carbocycles. The SMILES string of the molecule is CCCCC1NNC2OC(N)=C(C#N)C3(C(=O)Nc4ccc([N+](=O)[O-])cc43)C12. The third-order valence-electron chi connectivity index (χ3n) is 5.79. The Hall–Kier alpha value is -3.16. The molecule has 1 amide bonds. The second-order valence-electron chi connectivity index (χ2n) is 7.20. The predicted molar refractivity (Wildman–Crippen MR) is 98.2 cm³/mol. The van der Waals surface area contributed by atoms with E-state index in [1.54, 1.807) is 0 Å². The van der Waals surface area contributed by atoms with Crippen LogP contribution in [0.1, 0.15) is 31.7 Å². The monoisotopic (exact) mass is 384 g/mol. The molecule has 3 aliphatic heterocycles. The second kappa shape index (κ2) is 6.47. The average molecular weight is 384 g/mol. The van der Waals surface area contributed by atoms with Crippen molar-refractivity contribution < 1.29 is 14.5 Å². The molecule has 0 radical (unpaired) electrons. The topological polar surface area (TPSA) is 155 Å². The Balaban J connectivity index is 1.97. The minimum absolute atomic E-state index is 0.0162. The van der Waals surface area contributed by atoms with Crippen LogP contribution in [0.4, 0.5) is 11.4 Å². The van der Waals surface area contributed by atoms with Gasteiger partial charge in [0.2, 0.25) is 11.8 Å². The molecule has 4 atom stereocenters. The summed E-state index contributed by atoms with van der Waals surface area (Å²) in [7, 11) is 0. The van der Waals surface area contributed by atoms with Crippen LogP contribution in [0.25, 0.3) is 0 Å². The molecule has 1 spiro atoms. The van der Waals surface area contributed by atoms with E-state index >= 15 is 0 Å². The van der Waals surface area contributed by atoms with Crippen molar-refractivity contribution in [2.45, 2.75) is 43.9 Å². The van der Waals surface area contributed by atoms with Crippen LogP contribution < -0.4 is 21.9 Å². The van der Waals surface area contributed by atoms with Crippen molar-refractivity contribution in [2.75, 3.05) is 5.32 Å². The number of carbonyl (C=O) groups excluding carboxylic acids is 1. The number of nitrogens with one attached hydrogen (secondary N) is 3. The third kappa shape index (κ3) is 2.30. The minimum atomic E-state index is -1.46. The summed E-state index contributed by atoms with van der Waals surface area (Å²) < 4.78 is 5.70. The molecule has 4 rings (SSSR count). The van der Waals surface area contributed by atoms with Gasteiger partial charge in [-0.1, -0.05) is 19.8 Å². The number of nitro groups is 1. The van der Waals surface area contributed by atoms with E-state index < -0.39 is 28.4 Å². The van der Waals surface area contributed by atoms with E-state index in [2.05, 4.69) is 23.1 Å². The zero-order chi connectivity index (χ0) is 20.1. The van der Waals surface area contributed by atoms with E-state index in [9.17, 15) is 20.2 Å². The normalized spacial score (nSPS) is 30.4. The Kier molecular flexibility index (Phi) is 4.21. The van der Waals surface area contributed by atoms with Crippen LogP contribution in [0.3, 0.4) is 0 Å². The highest BCUT2D eigenvalue weighted by molar-refractivity contribution is 6.10. The summed E-state index contributed by atoms with van der Waals surface area (Å²) >= 11 is 0. The fourth-order valence-corrected chi connectivity index (χ4v) is 4.59. The van der Waals surface area contributed by atoms with Crippen molar-refractivity contribution in [3.05, 3.63) is 45.3 Å². The molecule has 1 fully saturated rings. The third-order valence-corrected chi connectivity index (χ3v) is 5.79. The summed E-state index contributed by atoms with van der Waals surface area (Å²) in [6, 6.07) is 6.03. The summed E-state index contributed by atoms with van der Waals surface area (Å²) in [4.78, 5) is 24.2. The van der Waals surface area contributed by atoms with E-state index in [4.69, 9.17) is 10.5 Å². The first-order valence-corrected chi connectivity index (χ1v) is 9.13. The molecule has 4 unspecified atom stereocenters. The Morgan fingerprint density at radius 3 is 2.89 bits per heavy atom. The first kappa shape index (κ1) is 18.2. The zero-order valence-corrected chi connectivity index (χ0v) is 15.2. The van der Waals surface area contributed by atoms with Crippen LogP contribution in [0, 0.1) is 27.4 Å². The Morgan fingerprint density at radius 1 is 1.43 bits per heavy atom. The molecule has 5 N–H and O–H groups in total. The van der Waals surface area contributed by atoms with E-state index in [-0.39, 0.29) is 23.2 Å². The number of amides is 1. The van der Waals surface area contributed by atoms with Crippen LogP contribution in [0.15, 0.2) is 29.7 Å². The standard InChI is InChI=1S/C18H20N6O4/c1-2-3-4-13-14-16(23-22-13)28-15(20)11(8-19)18(14)10-7-9(24(26)27)5-6-12(10)21-17(18)25/h5-7,13-14,16,22-23H,2-4,20H2,1H3,(H,21,25). The number of unbranched alkanes of at least 4 members (excludes halogenated alkanes) is 1. The predicted octanol–water partition coefficient (Wildman–Crippen LogP) is 1.12. The lowest BCUT2D eigenvalue weighted by Gasteiger charge is -2.42. The molecule has 10 heteroatoms. The molecule has 146 valence electrons. The molecular weight excluding hydrogens is 364 g/mol. The van der Waals surface area contributed by atoms with Crippen molar-refractivity contribution in [3.63, 3.8) is 0 Å². The highest BCUT2D eigenvalue weighted by atomic mass is 16.6. The maximum atomic E-state index is 13.3. The summed E-state index contributed by atoms with van der Waals surface area (Å²) in [5.74, 6) is -1.07. The van der Waals surface area contributed by atoms with Gasteiger partial charge in [-0.25, -0.2) is 5.43 Å². The molecule has 1 saturated heterocycles. The second-order valence-corrected chi connectivity index (χ2v) is 7.20. The maximum absolute atomic E-state index is 13.3. The fraction of sp³-hybridized carbons (Fsp3) is 0.444. The number of carbonyl (C=O) groups is 1. The lowest BCUT2D eigenvalue weighted by atomic mass is 9.62. The van der Waals surface area contributed by atoms with Gasteiger partial charge in [0.15, 0.2) is 6.23 Å². The lowest BCUT2D eigenvalue weighted by molar-refractivity contribution is -0.384. The number of hydrogen-bond acceptors (Lipinski definition) is 8. The molecule has 0 aromatic heterocycles. The van der Waals surface area contributed by atoms with Gasteiger partial charge in [-0.3, -0.25) is 20.3 Å². The number of hydrogen-bond donors (Lipinski definition) is 4. The number of hydrazine groups is 1. The number of nitro benzene ring substituents is 1. The maximum Gasteiger partial charge on any atom is 0.269 e. The van der Waals surface area contributed by atoms with Gasteiger partial charge in [-0.05, 0) is 12.5 Å². The summed E-state index contributed by atoms with van der Waals surface area (Å²) in [5.41, 5.74) is 11.4. The van der Waals surface area contributed by atoms with Gasteiger partial charge in [0.25, 0.3) is 5.69 Å². The van der Waals surface area contributed by atoms with Crippen LogP contribution in [-0.4, -0.2) is 23.1 Å². The van der Waals surface area contributed by atoms with Gasteiger partial charge in [-0.2, -0.15) is 5.26 Å². The number of ether oxygens (including phenoxy) is 1. The molecule has 3 heterocycles. The number of fused-ring (bicyclic) bond motifs is 4. The number of nitriles is 1. The number of anilines is 1. The number of rotatable bonds is 4. The Labute approximate surface area is 160 Å². The molecule has 1 aromatic rings. The molecule has 0 aliphatic carbocycles. The molecule has 10 nitrogen and oxygen atoms in total. The van der Waals surface area contributed by atoms with Crippen LogP contribution in [-0.2, 0) is 14.9 Å². The van der Waals surface area contributed by atoms with Crippen molar-refractivity contribution >= 4 is 17.3 Å². The number of benzene rings is 1. The van der Waals surface area contributed by atoms with Crippen LogP contribution in [0.5, 0.6) is 0 Å². The average Bonchev–Trinajstić information content (AvgIpc) is 3.19. The smallest absolute Gasteiger partial charge is 0.269 e. The van der Waals surface area contributed by atoms with Crippen LogP contribution >= 0.6 is 0 Å². The molecule has 0 saturated carbocycles. The van der Waals surface area contributed by atoms with Gasteiger partial charge in [-0.15, -0.1) is 0 Å². The van der Waals surface area contributed by atoms with Gasteiger partial charge in [0.05, 0.1) is 10.8 Å². The van der Waals surface area contributed by atoms with Crippen LogP contribution in [0.2, 0.25) is 0 Å². The van der Waals surface area contributed by atoms with E-state index in [0.29, 0.717) is 11.3 Å². The fourth-order valence-electron chi connectivity index (χ4n) is 4.59. The minimum Gasteiger partial charge on any atom is -0.458 e. The Morgan fingerprint density at radius 2 is 2.21 bits per heavy atom. The number of non-ortho nitro benzene ring substituents is 1. The first-order chi connectivity index (χ1) is 13.4. The van der Waals surface area contributed by atoms with E-state index in [1.807, 2.05) is 6.07 Å². The largest absolute Gasteiger partial charge is 0.458 e. The molecular formula is C18H20N6O4. The molecule has 28 heavy (non-hydrogen) atoms. The van der Waals surface area contributed by atoms with Gasteiger partial charge in [0.1, 0.15) is 17.1 Å². The van der Waals surface area contributed by atoms with E-state index in [1.165, 1.54) is 18.2 Å². The van der Waals surface area contributed by atoms with Gasteiger partial charge < -0.3 is 15.8 Å². The highest BCUT2D eigenvalue weighted by Gasteiger charge is 2.65. The first-order valence-electron chi connectivity index (χ1n) is 9.13.